The van der Waals surface area contributed by atoms with Crippen LogP contribution in [0.25, 0.3) is 0 Å². The zero-order valence-corrected chi connectivity index (χ0v) is 13.3. The van der Waals surface area contributed by atoms with Crippen molar-refractivity contribution < 1.29 is 5.11 Å². The third-order valence-corrected chi connectivity index (χ3v) is 3.91. The number of rotatable bonds is 10. The summed E-state index contributed by atoms with van der Waals surface area (Å²) in [5.41, 5.74) is 1.01. The molecule has 0 aliphatic carbocycles. The van der Waals surface area contributed by atoms with Crippen molar-refractivity contribution in [3.8, 4) is 0 Å². The largest absolute Gasteiger partial charge is 0.387 e. The van der Waals surface area contributed by atoms with Crippen LogP contribution in [0.4, 0.5) is 0 Å². The second-order valence-corrected chi connectivity index (χ2v) is 5.20. The Labute approximate surface area is 124 Å². The van der Waals surface area contributed by atoms with Crippen LogP contribution in [0.15, 0.2) is 30.3 Å². The highest BCUT2D eigenvalue weighted by Crippen LogP contribution is 2.13. The van der Waals surface area contributed by atoms with Crippen LogP contribution in [0.2, 0.25) is 0 Å². The second-order valence-electron chi connectivity index (χ2n) is 5.20. The normalized spacial score (nSPS) is 13.1. The van der Waals surface area contributed by atoms with E-state index in [0.29, 0.717) is 0 Å². The maximum absolute atomic E-state index is 10.3. The molecule has 0 aliphatic rings. The first kappa shape index (κ1) is 17.2. The van der Waals surface area contributed by atoms with Gasteiger partial charge in [0.25, 0.3) is 0 Å². The average Bonchev–Trinajstić information content (AvgIpc) is 2.51. The van der Waals surface area contributed by atoms with Gasteiger partial charge in [-0.2, -0.15) is 0 Å². The average molecular weight is 278 g/mol. The van der Waals surface area contributed by atoms with E-state index in [1.807, 2.05) is 30.3 Å². The van der Waals surface area contributed by atoms with Gasteiger partial charge in [-0.25, -0.2) is 0 Å². The molecular weight excluding hydrogens is 248 g/mol. The number of likely N-dealkylation sites (N-methyl/N-ethyl adjacent to an activating group) is 1. The van der Waals surface area contributed by atoms with E-state index in [-0.39, 0.29) is 6.10 Å². The molecule has 1 aromatic rings. The summed E-state index contributed by atoms with van der Waals surface area (Å²) in [5.74, 6) is 0. The lowest BCUT2D eigenvalue weighted by Crippen LogP contribution is -2.32. The molecule has 0 aliphatic heterocycles. The van der Waals surface area contributed by atoms with E-state index in [2.05, 4.69) is 30.6 Å². The van der Waals surface area contributed by atoms with Crippen molar-refractivity contribution in [2.24, 2.45) is 0 Å². The van der Waals surface area contributed by atoms with Gasteiger partial charge in [-0.1, -0.05) is 51.1 Å². The molecular formula is C17H30N2O. The highest BCUT2D eigenvalue weighted by molar-refractivity contribution is 5.17. The zero-order valence-electron chi connectivity index (χ0n) is 13.3. The molecule has 0 amide bonds. The van der Waals surface area contributed by atoms with Crippen molar-refractivity contribution >= 4 is 0 Å². The Balaban J connectivity index is 2.35. The molecule has 1 atom stereocenters. The predicted molar refractivity (Wildman–Crippen MR) is 85.9 cm³/mol. The van der Waals surface area contributed by atoms with Gasteiger partial charge in [-0.15, -0.1) is 0 Å². The van der Waals surface area contributed by atoms with Crippen LogP contribution in [0.3, 0.4) is 0 Å². The first-order valence-corrected chi connectivity index (χ1v) is 7.88. The fraction of sp³-hybridized carbons (Fsp3) is 0.647. The van der Waals surface area contributed by atoms with E-state index < -0.39 is 0 Å². The Morgan fingerprint density at radius 2 is 1.45 bits per heavy atom. The molecule has 0 bridgehead atoms. The third-order valence-electron chi connectivity index (χ3n) is 3.91. The molecule has 3 heteroatoms. The van der Waals surface area contributed by atoms with Gasteiger partial charge in [-0.05, 0) is 44.7 Å². The van der Waals surface area contributed by atoms with Crippen molar-refractivity contribution in [3.05, 3.63) is 35.9 Å². The number of nitrogens with zero attached hydrogens (tertiary/aromatic N) is 2. The lowest BCUT2D eigenvalue weighted by atomic mass is 10.1. The number of hydrogen-bond acceptors (Lipinski definition) is 3. The Hall–Kier alpha value is -0.900. The van der Waals surface area contributed by atoms with Crippen LogP contribution >= 0.6 is 0 Å². The van der Waals surface area contributed by atoms with Gasteiger partial charge in [-0.3, -0.25) is 0 Å². The van der Waals surface area contributed by atoms with Crippen molar-refractivity contribution in [1.82, 2.24) is 9.80 Å². The summed E-state index contributed by atoms with van der Waals surface area (Å²) in [7, 11) is 0. The molecule has 0 saturated carbocycles. The maximum atomic E-state index is 10.3. The molecule has 0 radical (unpaired) electrons. The highest BCUT2D eigenvalue weighted by atomic mass is 16.3. The lowest BCUT2D eigenvalue weighted by molar-refractivity contribution is 0.113. The van der Waals surface area contributed by atoms with E-state index >= 15 is 0 Å². The lowest BCUT2D eigenvalue weighted by Gasteiger charge is -2.25. The number of benzene rings is 1. The fourth-order valence-electron chi connectivity index (χ4n) is 2.46. The summed E-state index contributed by atoms with van der Waals surface area (Å²) in [6, 6.07) is 9.94. The monoisotopic (exact) mass is 278 g/mol. The van der Waals surface area contributed by atoms with Crippen LogP contribution in [0, 0.1) is 0 Å². The summed E-state index contributed by atoms with van der Waals surface area (Å²) in [6.07, 6.45) is 0.779. The summed E-state index contributed by atoms with van der Waals surface area (Å²) < 4.78 is 0. The molecule has 1 aromatic carbocycles. The number of aliphatic hydroxyl groups is 1. The summed E-state index contributed by atoms with van der Waals surface area (Å²) in [5, 5.41) is 10.3. The van der Waals surface area contributed by atoms with Gasteiger partial charge >= 0.3 is 0 Å². The van der Waals surface area contributed by atoms with Crippen molar-refractivity contribution in [2.75, 3.05) is 39.3 Å². The summed E-state index contributed by atoms with van der Waals surface area (Å²) >= 11 is 0. The molecule has 114 valence electrons. The van der Waals surface area contributed by atoms with Gasteiger partial charge < -0.3 is 14.9 Å². The molecule has 1 N–H and O–H groups in total. The van der Waals surface area contributed by atoms with Gasteiger partial charge in [0.1, 0.15) is 0 Å². The predicted octanol–water partition coefficient (Wildman–Crippen LogP) is 2.77. The van der Waals surface area contributed by atoms with E-state index in [0.717, 1.165) is 51.3 Å². The van der Waals surface area contributed by atoms with Crippen LogP contribution in [-0.4, -0.2) is 54.2 Å². The Morgan fingerprint density at radius 1 is 0.900 bits per heavy atom. The van der Waals surface area contributed by atoms with Crippen LogP contribution in [0.5, 0.6) is 0 Å². The number of aliphatic hydroxyl groups excluding tert-OH is 1. The molecule has 0 fully saturated rings. The quantitative estimate of drug-likeness (QED) is 0.713. The standard InChI is InChI=1S/C17H30N2O/c1-4-18(5-2)13-10-14-19(6-3)15-17(20)16-11-8-7-9-12-16/h7-9,11-12,17,20H,4-6,10,13-15H2,1-3H3. The highest BCUT2D eigenvalue weighted by Gasteiger charge is 2.12. The molecule has 0 spiro atoms. The van der Waals surface area contributed by atoms with Gasteiger partial charge in [0.15, 0.2) is 0 Å². The second kappa shape index (κ2) is 9.92. The SMILES string of the molecule is CCN(CC)CCCN(CC)CC(O)c1ccccc1. The smallest absolute Gasteiger partial charge is 0.0916 e. The summed E-state index contributed by atoms with van der Waals surface area (Å²) in [6.45, 7) is 12.7. The summed E-state index contributed by atoms with van der Waals surface area (Å²) in [4.78, 5) is 4.78. The minimum atomic E-state index is -0.385. The van der Waals surface area contributed by atoms with E-state index in [4.69, 9.17) is 0 Å². The van der Waals surface area contributed by atoms with Gasteiger partial charge in [0, 0.05) is 6.54 Å². The van der Waals surface area contributed by atoms with Crippen molar-refractivity contribution in [2.45, 2.75) is 33.3 Å². The molecule has 1 rings (SSSR count). The topological polar surface area (TPSA) is 26.7 Å². The number of hydrogen-bond donors (Lipinski definition) is 1. The molecule has 20 heavy (non-hydrogen) atoms. The maximum Gasteiger partial charge on any atom is 0.0916 e. The molecule has 3 nitrogen and oxygen atoms in total. The minimum absolute atomic E-state index is 0.385. The Morgan fingerprint density at radius 3 is 2.00 bits per heavy atom. The van der Waals surface area contributed by atoms with Crippen LogP contribution < -0.4 is 0 Å². The van der Waals surface area contributed by atoms with Gasteiger partial charge in [0.05, 0.1) is 6.10 Å². The fourth-order valence-corrected chi connectivity index (χ4v) is 2.46. The Kier molecular flexibility index (Phi) is 8.51. The molecule has 0 saturated heterocycles. The van der Waals surface area contributed by atoms with Crippen molar-refractivity contribution in [1.29, 1.82) is 0 Å². The first-order chi connectivity index (χ1) is 9.71. The van der Waals surface area contributed by atoms with E-state index in [9.17, 15) is 5.11 Å². The molecule has 0 aromatic heterocycles. The van der Waals surface area contributed by atoms with Gasteiger partial charge in [0.2, 0.25) is 0 Å². The zero-order chi connectivity index (χ0) is 14.8. The third kappa shape index (κ3) is 6.04. The van der Waals surface area contributed by atoms with E-state index in [1.165, 1.54) is 0 Å². The van der Waals surface area contributed by atoms with Crippen LogP contribution in [-0.2, 0) is 0 Å². The first-order valence-electron chi connectivity index (χ1n) is 7.88. The van der Waals surface area contributed by atoms with Crippen LogP contribution in [0.1, 0.15) is 38.9 Å². The van der Waals surface area contributed by atoms with E-state index in [1.54, 1.807) is 0 Å². The molecule has 1 unspecified atom stereocenters. The molecule has 0 heterocycles. The van der Waals surface area contributed by atoms with Crippen molar-refractivity contribution in [3.63, 3.8) is 0 Å². The minimum Gasteiger partial charge on any atom is -0.387 e. The Bertz CT molecular complexity index is 338.